The molecular formula is C10H7N5O3S. The van der Waals surface area contributed by atoms with Crippen LogP contribution >= 0.6 is 11.8 Å². The number of hydrogen-bond donors (Lipinski definition) is 1. The van der Waals surface area contributed by atoms with Crippen molar-refractivity contribution in [1.82, 2.24) is 19.6 Å². The molecule has 0 bridgehead atoms. The molecule has 96 valence electrons. The van der Waals surface area contributed by atoms with Crippen molar-refractivity contribution in [1.29, 1.82) is 0 Å². The molecule has 1 N–H and O–H groups in total. The average Bonchev–Trinajstić information content (AvgIpc) is 2.87. The van der Waals surface area contributed by atoms with Gasteiger partial charge in [0.05, 0.1) is 15.3 Å². The number of hydrogen-bond acceptors (Lipinski definition) is 6. The maximum Gasteiger partial charge on any atom is 0.348 e. The van der Waals surface area contributed by atoms with Gasteiger partial charge in [-0.1, -0.05) is 0 Å². The van der Waals surface area contributed by atoms with Gasteiger partial charge in [-0.25, -0.2) is 9.78 Å². The lowest BCUT2D eigenvalue weighted by Gasteiger charge is -2.03. The fourth-order valence-electron chi connectivity index (χ4n) is 1.90. The van der Waals surface area contributed by atoms with Gasteiger partial charge in [0, 0.05) is 11.5 Å². The van der Waals surface area contributed by atoms with Crippen molar-refractivity contribution in [3.63, 3.8) is 0 Å². The normalized spacial score (nSPS) is 11.2. The Hall–Kier alpha value is -2.42. The molecule has 0 aliphatic carbocycles. The summed E-state index contributed by atoms with van der Waals surface area (Å²) in [6.45, 7) is 0. The van der Waals surface area contributed by atoms with Crippen LogP contribution in [-0.4, -0.2) is 30.8 Å². The van der Waals surface area contributed by atoms with Gasteiger partial charge < -0.3 is 4.98 Å². The van der Waals surface area contributed by atoms with Gasteiger partial charge >= 0.3 is 5.69 Å². The molecule has 0 unspecified atom stereocenters. The van der Waals surface area contributed by atoms with E-state index < -0.39 is 10.6 Å². The van der Waals surface area contributed by atoms with Crippen LogP contribution in [0.25, 0.3) is 16.6 Å². The quantitative estimate of drug-likeness (QED) is 0.428. The number of H-pyrrole nitrogens is 1. The number of nitro benzene ring substituents is 1. The monoisotopic (exact) mass is 277 g/mol. The smallest absolute Gasteiger partial charge is 0.305 e. The number of thioether (sulfide) groups is 1. The minimum atomic E-state index is -0.480. The Bertz CT molecular complexity index is 869. The highest BCUT2D eigenvalue weighted by Gasteiger charge is 2.17. The van der Waals surface area contributed by atoms with Crippen molar-refractivity contribution < 1.29 is 4.92 Å². The Morgan fingerprint density at radius 1 is 1.47 bits per heavy atom. The number of aromatic amines is 1. The minimum absolute atomic E-state index is 0.0421. The first-order valence-corrected chi connectivity index (χ1v) is 6.42. The molecule has 0 radical (unpaired) electrons. The number of rotatable bonds is 2. The lowest BCUT2D eigenvalue weighted by atomic mass is 10.2. The summed E-state index contributed by atoms with van der Waals surface area (Å²) in [5.74, 6) is 0. The van der Waals surface area contributed by atoms with Crippen LogP contribution in [0.1, 0.15) is 0 Å². The third kappa shape index (κ3) is 1.66. The van der Waals surface area contributed by atoms with Crippen molar-refractivity contribution in [2.45, 2.75) is 4.90 Å². The number of fused-ring (bicyclic) bond motifs is 3. The fraction of sp³-hybridized carbons (Fsp3) is 0.100. The van der Waals surface area contributed by atoms with E-state index in [0.29, 0.717) is 21.4 Å². The van der Waals surface area contributed by atoms with E-state index >= 15 is 0 Å². The van der Waals surface area contributed by atoms with Gasteiger partial charge in [0.15, 0.2) is 5.65 Å². The van der Waals surface area contributed by atoms with E-state index in [2.05, 4.69) is 15.1 Å². The van der Waals surface area contributed by atoms with E-state index in [9.17, 15) is 14.9 Å². The van der Waals surface area contributed by atoms with Crippen LogP contribution in [0.4, 0.5) is 5.69 Å². The molecule has 19 heavy (non-hydrogen) atoms. The van der Waals surface area contributed by atoms with Crippen LogP contribution in [0.2, 0.25) is 0 Å². The molecule has 2 heterocycles. The lowest BCUT2D eigenvalue weighted by Crippen LogP contribution is -2.17. The van der Waals surface area contributed by atoms with E-state index in [4.69, 9.17) is 0 Å². The van der Waals surface area contributed by atoms with E-state index in [0.717, 1.165) is 4.52 Å². The van der Waals surface area contributed by atoms with Gasteiger partial charge in [0.2, 0.25) is 0 Å². The molecule has 9 heteroatoms. The molecule has 1 aromatic carbocycles. The number of nitrogens with one attached hydrogen (secondary N) is 1. The topological polar surface area (TPSA) is 106 Å². The molecule has 0 aliphatic heterocycles. The zero-order valence-corrected chi connectivity index (χ0v) is 10.5. The Morgan fingerprint density at radius 2 is 2.26 bits per heavy atom. The van der Waals surface area contributed by atoms with Gasteiger partial charge in [-0.3, -0.25) is 10.1 Å². The summed E-state index contributed by atoms with van der Waals surface area (Å²) >= 11 is 1.26. The highest BCUT2D eigenvalue weighted by molar-refractivity contribution is 7.98. The standard InChI is InChI=1S/C10H7N5O3S/c1-19-8-2-5-6(3-7(8)15(17)18)13-10(16)14-9(5)11-4-12-14/h2-4H,1H3,(H,13,16). The van der Waals surface area contributed by atoms with Crippen LogP contribution in [0, 0.1) is 10.1 Å². The Morgan fingerprint density at radius 3 is 2.95 bits per heavy atom. The van der Waals surface area contributed by atoms with Crippen molar-refractivity contribution in [3.8, 4) is 0 Å². The highest BCUT2D eigenvalue weighted by Crippen LogP contribution is 2.31. The van der Waals surface area contributed by atoms with Crippen molar-refractivity contribution >= 4 is 34.0 Å². The predicted octanol–water partition coefficient (Wildman–Crippen LogP) is 1.20. The van der Waals surface area contributed by atoms with Crippen LogP contribution in [0.3, 0.4) is 0 Å². The summed E-state index contributed by atoms with van der Waals surface area (Å²) in [6, 6.07) is 2.98. The second-order valence-corrected chi connectivity index (χ2v) is 4.60. The SMILES string of the molecule is CSc1cc2c(cc1[N+](=O)[O-])[nH]c(=O)n1ncnc21. The van der Waals surface area contributed by atoms with Crippen molar-refractivity contribution in [3.05, 3.63) is 39.1 Å². The molecule has 0 fully saturated rings. The van der Waals surface area contributed by atoms with E-state index in [-0.39, 0.29) is 5.69 Å². The molecular weight excluding hydrogens is 270 g/mol. The van der Waals surface area contributed by atoms with Gasteiger partial charge in [0.1, 0.15) is 6.33 Å². The summed E-state index contributed by atoms with van der Waals surface area (Å²) in [4.78, 5) is 29.3. The highest BCUT2D eigenvalue weighted by atomic mass is 32.2. The third-order valence-corrected chi connectivity index (χ3v) is 3.51. The van der Waals surface area contributed by atoms with Crippen molar-refractivity contribution in [2.24, 2.45) is 0 Å². The zero-order chi connectivity index (χ0) is 13.6. The Balaban J connectivity index is 2.51. The Labute approximate surface area is 109 Å². The summed E-state index contributed by atoms with van der Waals surface area (Å²) in [5.41, 5.74) is 0.227. The van der Waals surface area contributed by atoms with Crippen LogP contribution in [0.15, 0.2) is 28.2 Å². The molecule has 0 saturated heterocycles. The molecule has 3 rings (SSSR count). The van der Waals surface area contributed by atoms with Gasteiger partial charge in [0.25, 0.3) is 5.69 Å². The number of nitro groups is 1. The average molecular weight is 277 g/mol. The maximum absolute atomic E-state index is 11.7. The molecule has 0 spiro atoms. The van der Waals surface area contributed by atoms with Gasteiger partial charge in [-0.15, -0.1) is 11.8 Å². The van der Waals surface area contributed by atoms with Gasteiger partial charge in [-0.2, -0.15) is 9.61 Å². The van der Waals surface area contributed by atoms with Crippen LogP contribution < -0.4 is 5.69 Å². The predicted molar refractivity (Wildman–Crippen MR) is 69.5 cm³/mol. The largest absolute Gasteiger partial charge is 0.348 e. The zero-order valence-electron chi connectivity index (χ0n) is 9.65. The number of aromatic nitrogens is 4. The van der Waals surface area contributed by atoms with E-state index in [1.165, 1.54) is 24.2 Å². The Kier molecular flexibility index (Phi) is 2.49. The van der Waals surface area contributed by atoms with E-state index in [1.807, 2.05) is 0 Å². The maximum atomic E-state index is 11.7. The first-order chi connectivity index (χ1) is 9.11. The van der Waals surface area contributed by atoms with Crippen molar-refractivity contribution in [2.75, 3.05) is 6.26 Å². The second-order valence-electron chi connectivity index (χ2n) is 3.75. The summed E-state index contributed by atoms with van der Waals surface area (Å²) in [5, 5.41) is 15.4. The summed E-state index contributed by atoms with van der Waals surface area (Å²) < 4.78 is 1.12. The molecule has 0 amide bonds. The van der Waals surface area contributed by atoms with Gasteiger partial charge in [-0.05, 0) is 12.3 Å². The van der Waals surface area contributed by atoms with Crippen LogP contribution in [-0.2, 0) is 0 Å². The number of benzene rings is 1. The lowest BCUT2D eigenvalue weighted by molar-refractivity contribution is -0.387. The molecule has 8 nitrogen and oxygen atoms in total. The molecule has 0 atom stereocenters. The second kappa shape index (κ2) is 4.05. The third-order valence-electron chi connectivity index (χ3n) is 2.74. The summed E-state index contributed by atoms with van der Waals surface area (Å²) in [7, 11) is 0. The first kappa shape index (κ1) is 11.7. The van der Waals surface area contributed by atoms with Crippen LogP contribution in [0.5, 0.6) is 0 Å². The van der Waals surface area contributed by atoms with E-state index in [1.54, 1.807) is 12.3 Å². The fourth-order valence-corrected chi connectivity index (χ4v) is 2.48. The first-order valence-electron chi connectivity index (χ1n) is 5.20. The summed E-state index contributed by atoms with van der Waals surface area (Å²) in [6.07, 6.45) is 3.02. The number of nitrogens with zero attached hydrogens (tertiary/aromatic N) is 4. The minimum Gasteiger partial charge on any atom is -0.305 e. The molecule has 0 aliphatic rings. The molecule has 2 aromatic heterocycles. The molecule has 0 saturated carbocycles. The molecule has 3 aromatic rings.